The molecule has 0 fully saturated rings. The van der Waals surface area contributed by atoms with Gasteiger partial charge in [-0.15, -0.1) is 11.3 Å². The summed E-state index contributed by atoms with van der Waals surface area (Å²) in [5.41, 5.74) is 0.823. The molecule has 11 heteroatoms. The Kier molecular flexibility index (Phi) is 5.75. The van der Waals surface area contributed by atoms with Crippen LogP contribution in [0.5, 0.6) is 0 Å². The van der Waals surface area contributed by atoms with Gasteiger partial charge in [0.05, 0.1) is 25.4 Å². The molecule has 2 heterocycles. The molecule has 33 heavy (non-hydrogen) atoms. The number of nitrogens with zero attached hydrogens (tertiary/aromatic N) is 3. The molecule has 1 aliphatic carbocycles. The van der Waals surface area contributed by atoms with E-state index >= 15 is 0 Å². The Bertz CT molecular complexity index is 1260. The second-order valence-corrected chi connectivity index (χ2v) is 8.40. The summed E-state index contributed by atoms with van der Waals surface area (Å²) >= 11 is 1.08. The van der Waals surface area contributed by atoms with Crippen LogP contribution in [-0.4, -0.2) is 52.1 Å². The highest BCUT2D eigenvalue weighted by atomic mass is 32.1. The van der Waals surface area contributed by atoms with E-state index in [1.165, 1.54) is 23.8 Å². The second kappa shape index (κ2) is 8.39. The number of aromatic nitrogens is 1. The van der Waals surface area contributed by atoms with Crippen molar-refractivity contribution in [3.05, 3.63) is 59.0 Å². The van der Waals surface area contributed by atoms with E-state index in [-0.39, 0.29) is 17.1 Å². The number of nitrogens with one attached hydrogen (secondary N) is 1. The van der Waals surface area contributed by atoms with Gasteiger partial charge in [-0.05, 0) is 23.8 Å². The van der Waals surface area contributed by atoms with E-state index in [0.717, 1.165) is 28.4 Å². The highest BCUT2D eigenvalue weighted by molar-refractivity contribution is 7.14. The van der Waals surface area contributed by atoms with Crippen LogP contribution >= 0.6 is 11.3 Å². The minimum absolute atomic E-state index is 0.113. The third kappa shape index (κ3) is 4.36. The fraction of sp³-hybridized carbons (Fsp3) is 0.227. The molecule has 1 unspecified atom stereocenters. The van der Waals surface area contributed by atoms with Crippen LogP contribution in [0.1, 0.15) is 12.0 Å². The van der Waals surface area contributed by atoms with Gasteiger partial charge >= 0.3 is 18.1 Å². The average Bonchev–Trinajstić information content (AvgIpc) is 3.24. The van der Waals surface area contributed by atoms with Gasteiger partial charge in [0, 0.05) is 17.4 Å². The van der Waals surface area contributed by atoms with Crippen LogP contribution in [0.25, 0.3) is 11.3 Å². The summed E-state index contributed by atoms with van der Waals surface area (Å²) in [7, 11) is 2.95. The van der Waals surface area contributed by atoms with E-state index in [1.54, 1.807) is 30.7 Å². The predicted molar refractivity (Wildman–Crippen MR) is 116 cm³/mol. The Labute approximate surface area is 190 Å². The number of anilines is 1. The molecule has 1 aliphatic heterocycles. The van der Waals surface area contributed by atoms with Crippen LogP contribution in [0.4, 0.5) is 23.1 Å². The van der Waals surface area contributed by atoms with Crippen LogP contribution in [0.15, 0.2) is 53.4 Å². The summed E-state index contributed by atoms with van der Waals surface area (Å²) in [4.78, 5) is 42.7. The van der Waals surface area contributed by atoms with E-state index in [2.05, 4.69) is 10.3 Å². The number of hydrogen-bond acceptors (Lipinski definition) is 5. The Morgan fingerprint density at radius 3 is 2.79 bits per heavy atom. The number of allylic oxidation sites excluding steroid dienone is 3. The lowest BCUT2D eigenvalue weighted by Crippen LogP contribution is -2.52. The molecule has 4 rings (SSSR count). The molecule has 0 bridgehead atoms. The molecule has 0 spiro atoms. The summed E-state index contributed by atoms with van der Waals surface area (Å²) in [5.74, 6) is -1.60. The van der Waals surface area contributed by atoms with E-state index < -0.39 is 35.5 Å². The number of carbonyl (C=O) groups is 3. The molecular weight excluding hydrogens is 457 g/mol. The number of amides is 4. The first-order chi connectivity index (χ1) is 15.6. The van der Waals surface area contributed by atoms with Crippen molar-refractivity contribution in [3.8, 4) is 11.3 Å². The number of hydrogen-bond donors (Lipinski definition) is 1. The van der Waals surface area contributed by atoms with Crippen LogP contribution in [0.2, 0.25) is 0 Å². The van der Waals surface area contributed by atoms with Crippen molar-refractivity contribution in [1.82, 2.24) is 9.88 Å². The summed E-state index contributed by atoms with van der Waals surface area (Å²) < 4.78 is 40.3. The molecular formula is C22H18F3N4O3S+. The first-order valence-corrected chi connectivity index (χ1v) is 10.7. The number of imide groups is 1. The number of alkyl halides is 3. The van der Waals surface area contributed by atoms with Crippen LogP contribution in [-0.2, 0) is 15.8 Å². The molecule has 1 N–H and O–H groups in total. The lowest BCUT2D eigenvalue weighted by molar-refractivity contribution is -0.405. The molecule has 0 saturated heterocycles. The van der Waals surface area contributed by atoms with Crippen molar-refractivity contribution in [2.45, 2.75) is 12.6 Å². The number of benzene rings is 1. The Morgan fingerprint density at radius 1 is 1.30 bits per heavy atom. The van der Waals surface area contributed by atoms with Gasteiger partial charge in [-0.3, -0.25) is 4.79 Å². The number of halogens is 3. The number of fused-ring (bicyclic) bond motifs is 1. The van der Waals surface area contributed by atoms with Crippen LogP contribution < -0.4 is 5.32 Å². The first kappa shape index (κ1) is 22.6. The lowest BCUT2D eigenvalue weighted by Gasteiger charge is -2.27. The average molecular weight is 475 g/mol. The van der Waals surface area contributed by atoms with E-state index in [4.69, 9.17) is 0 Å². The minimum atomic E-state index is -4.47. The number of thiazole rings is 1. The molecule has 0 saturated carbocycles. The summed E-state index contributed by atoms with van der Waals surface area (Å²) in [6.07, 6.45) is 0.422. The van der Waals surface area contributed by atoms with Gasteiger partial charge in [-0.1, -0.05) is 24.3 Å². The zero-order chi connectivity index (χ0) is 23.9. The smallest absolute Gasteiger partial charge is 0.302 e. The first-order valence-electron chi connectivity index (χ1n) is 9.78. The van der Waals surface area contributed by atoms with Gasteiger partial charge in [-0.25, -0.2) is 9.78 Å². The highest BCUT2D eigenvalue weighted by Crippen LogP contribution is 2.33. The zero-order valence-electron chi connectivity index (χ0n) is 17.5. The normalized spacial score (nSPS) is 18.4. The van der Waals surface area contributed by atoms with Gasteiger partial charge in [0.25, 0.3) is 0 Å². The topological polar surface area (TPSA) is 82.4 Å². The zero-order valence-corrected chi connectivity index (χ0v) is 18.3. The minimum Gasteiger partial charge on any atom is -0.302 e. The van der Waals surface area contributed by atoms with Gasteiger partial charge in [-0.2, -0.15) is 27.4 Å². The fourth-order valence-electron chi connectivity index (χ4n) is 3.70. The Morgan fingerprint density at radius 2 is 2.06 bits per heavy atom. The summed E-state index contributed by atoms with van der Waals surface area (Å²) in [6, 6.07) is 4.33. The molecule has 1 atom stereocenters. The Balaban J connectivity index is 1.49. The van der Waals surface area contributed by atoms with Crippen LogP contribution in [0.3, 0.4) is 0 Å². The number of rotatable bonds is 4. The molecule has 7 nitrogen and oxygen atoms in total. The largest absolute Gasteiger partial charge is 0.500 e. The highest BCUT2D eigenvalue weighted by Gasteiger charge is 2.46. The Hall–Kier alpha value is -3.60. The fourth-order valence-corrected chi connectivity index (χ4v) is 4.43. The third-order valence-electron chi connectivity index (χ3n) is 5.38. The van der Waals surface area contributed by atoms with Crippen molar-refractivity contribution in [2.24, 2.45) is 5.92 Å². The van der Waals surface area contributed by atoms with Crippen molar-refractivity contribution in [2.75, 3.05) is 19.4 Å². The van der Waals surface area contributed by atoms with E-state index in [0.29, 0.717) is 17.0 Å². The lowest BCUT2D eigenvalue weighted by atomic mass is 9.85. The molecule has 170 valence electrons. The maximum atomic E-state index is 13.0. The van der Waals surface area contributed by atoms with Crippen LogP contribution in [0, 0.1) is 5.92 Å². The van der Waals surface area contributed by atoms with E-state index in [1.807, 2.05) is 0 Å². The van der Waals surface area contributed by atoms with E-state index in [9.17, 15) is 27.6 Å². The van der Waals surface area contributed by atoms with Gasteiger partial charge in [0.2, 0.25) is 5.91 Å². The number of carbonyl (C=O) groups excluding carboxylic acids is 3. The number of urea groups is 1. The standard InChI is InChI=1S/C22H17F3N4O3S/c1-28-16-8-4-6-13(18(16)19(31)29(2)21(28)32)10-17(30)27-20-26-15(11-33-20)12-5-3-7-14(9-12)22(23,24)25/h3-9,11,18H,10H2,1-2H3/p+1. The molecule has 2 aromatic rings. The second-order valence-electron chi connectivity index (χ2n) is 7.54. The van der Waals surface area contributed by atoms with Crippen molar-refractivity contribution >= 4 is 40.0 Å². The van der Waals surface area contributed by atoms with Gasteiger partial charge in [0.1, 0.15) is 11.6 Å². The van der Waals surface area contributed by atoms with Gasteiger partial charge in [0.15, 0.2) is 5.13 Å². The molecule has 1 aromatic heterocycles. The maximum absolute atomic E-state index is 13.0. The SMILES string of the molecule is CN1C(=O)C2C(CC(=O)Nc3nc(-c4cccc(C(F)(F)F)c4)cs3)=CC=CC2=[N+](C)C1=O. The monoisotopic (exact) mass is 475 g/mol. The molecule has 0 radical (unpaired) electrons. The maximum Gasteiger partial charge on any atom is 0.500 e. The molecule has 2 aliphatic rings. The quantitative estimate of drug-likeness (QED) is 0.679. The molecule has 1 aromatic carbocycles. The third-order valence-corrected chi connectivity index (χ3v) is 6.14. The van der Waals surface area contributed by atoms with Crippen molar-refractivity contribution in [1.29, 1.82) is 0 Å². The molecule has 4 amide bonds. The summed E-state index contributed by atoms with van der Waals surface area (Å²) in [5, 5.41) is 4.41. The van der Waals surface area contributed by atoms with Gasteiger partial charge < -0.3 is 5.32 Å². The predicted octanol–water partition coefficient (Wildman–Crippen LogP) is 3.95. The summed E-state index contributed by atoms with van der Waals surface area (Å²) in [6.45, 7) is 0. The van der Waals surface area contributed by atoms with Crippen molar-refractivity contribution in [3.63, 3.8) is 0 Å². The van der Waals surface area contributed by atoms with Crippen molar-refractivity contribution < 1.29 is 32.1 Å².